The molecule has 128 valence electrons. The average Bonchev–Trinajstić information content (AvgIpc) is 2.85. The van der Waals surface area contributed by atoms with Crippen LogP contribution in [0.4, 0.5) is 0 Å². The predicted octanol–water partition coefficient (Wildman–Crippen LogP) is 5.76. The van der Waals surface area contributed by atoms with E-state index >= 15 is 0 Å². The second-order valence-electron chi connectivity index (χ2n) is 9.38. The summed E-state index contributed by atoms with van der Waals surface area (Å²) in [5.41, 5.74) is 2.33. The summed E-state index contributed by atoms with van der Waals surface area (Å²) in [7, 11) is 0. The molecule has 4 aliphatic carbocycles. The van der Waals surface area contributed by atoms with E-state index in [1.807, 2.05) is 6.92 Å². The molecule has 0 aliphatic heterocycles. The van der Waals surface area contributed by atoms with Gasteiger partial charge in [-0.3, -0.25) is 4.79 Å². The second-order valence-corrected chi connectivity index (χ2v) is 10.0. The first-order valence-corrected chi connectivity index (χ1v) is 10.1. The molecule has 0 amide bonds. The van der Waals surface area contributed by atoms with Crippen LogP contribution in [0.15, 0.2) is 11.6 Å². The van der Waals surface area contributed by atoms with Crippen molar-refractivity contribution in [1.82, 2.24) is 0 Å². The van der Waals surface area contributed by atoms with Crippen molar-refractivity contribution in [2.75, 3.05) is 0 Å². The molecule has 0 spiro atoms. The van der Waals surface area contributed by atoms with Gasteiger partial charge in [0.05, 0.1) is 0 Å². The Balaban J connectivity index is 1.66. The fourth-order valence-electron chi connectivity index (χ4n) is 7.28. The van der Waals surface area contributed by atoms with E-state index in [-0.39, 0.29) is 5.41 Å². The van der Waals surface area contributed by atoms with Crippen LogP contribution in [0.5, 0.6) is 0 Å². The van der Waals surface area contributed by atoms with E-state index in [1.165, 1.54) is 38.5 Å². The lowest BCUT2D eigenvalue weighted by Gasteiger charge is -2.57. The van der Waals surface area contributed by atoms with Gasteiger partial charge in [-0.15, -0.1) is 11.6 Å². The van der Waals surface area contributed by atoms with Crippen LogP contribution in [-0.4, -0.2) is 11.2 Å². The van der Waals surface area contributed by atoms with Gasteiger partial charge >= 0.3 is 0 Å². The molecule has 0 N–H and O–H groups in total. The molecule has 0 aromatic heterocycles. The lowest BCUT2D eigenvalue weighted by atomic mass is 9.47. The molecule has 1 unspecified atom stereocenters. The minimum absolute atomic E-state index is 0.276. The van der Waals surface area contributed by atoms with Crippen molar-refractivity contribution >= 4 is 17.4 Å². The minimum atomic E-state index is 0.276. The highest BCUT2D eigenvalue weighted by molar-refractivity contribution is 6.20. The van der Waals surface area contributed by atoms with Crippen molar-refractivity contribution < 1.29 is 4.79 Å². The third kappa shape index (κ3) is 2.21. The number of Topliss-reactive ketones (excluding diaryl/α,β-unsaturated/α-hetero) is 1. The van der Waals surface area contributed by atoms with Gasteiger partial charge in [0.25, 0.3) is 0 Å². The molecule has 4 rings (SSSR count). The summed E-state index contributed by atoms with van der Waals surface area (Å²) in [5, 5.41) is 0.355. The van der Waals surface area contributed by atoms with Crippen molar-refractivity contribution in [2.24, 2.45) is 34.5 Å². The Bertz CT molecular complexity index is 552. The standard InChI is InChI=1S/C21H31ClO/c1-13(23)17-6-7-18-16-5-4-14-12-15(22)8-10-20(14,2)19(16)9-11-21(17,18)3/h4,15-19H,5-12H2,1-3H3/t15?,16-,17+,18-,19-,20-,21+/m0/s1. The Morgan fingerprint density at radius 3 is 2.65 bits per heavy atom. The van der Waals surface area contributed by atoms with Gasteiger partial charge in [-0.25, -0.2) is 0 Å². The Hall–Kier alpha value is -0.300. The fourth-order valence-corrected chi connectivity index (χ4v) is 7.56. The van der Waals surface area contributed by atoms with Crippen LogP contribution >= 0.6 is 11.6 Å². The molecule has 0 heterocycles. The number of hydrogen-bond acceptors (Lipinski definition) is 1. The molecule has 1 nitrogen and oxygen atoms in total. The fraction of sp³-hybridized carbons (Fsp3) is 0.857. The van der Waals surface area contributed by atoms with Gasteiger partial charge in [-0.1, -0.05) is 25.5 Å². The van der Waals surface area contributed by atoms with E-state index in [4.69, 9.17) is 11.6 Å². The highest BCUT2D eigenvalue weighted by Crippen LogP contribution is 2.66. The number of carbonyl (C=O) groups is 1. The van der Waals surface area contributed by atoms with Gasteiger partial charge in [-0.2, -0.15) is 0 Å². The third-order valence-electron chi connectivity index (χ3n) is 8.53. The molecule has 0 aromatic rings. The highest BCUT2D eigenvalue weighted by atomic mass is 35.5. The molecule has 0 saturated heterocycles. The number of halogens is 1. The Morgan fingerprint density at radius 1 is 1.13 bits per heavy atom. The number of allylic oxidation sites excluding steroid dienone is 2. The summed E-state index contributed by atoms with van der Waals surface area (Å²) < 4.78 is 0. The van der Waals surface area contributed by atoms with Gasteiger partial charge in [-0.05, 0) is 86.9 Å². The zero-order valence-electron chi connectivity index (χ0n) is 14.9. The van der Waals surface area contributed by atoms with Crippen LogP contribution in [-0.2, 0) is 4.79 Å². The summed E-state index contributed by atoms with van der Waals surface area (Å²) in [6, 6.07) is 0. The van der Waals surface area contributed by atoms with E-state index < -0.39 is 0 Å². The maximum Gasteiger partial charge on any atom is 0.133 e. The maximum absolute atomic E-state index is 12.2. The first-order valence-electron chi connectivity index (χ1n) is 9.70. The first-order chi connectivity index (χ1) is 10.9. The van der Waals surface area contributed by atoms with Crippen molar-refractivity contribution in [3.8, 4) is 0 Å². The summed E-state index contributed by atoms with van der Waals surface area (Å²) in [4.78, 5) is 12.2. The van der Waals surface area contributed by atoms with Crippen LogP contribution < -0.4 is 0 Å². The van der Waals surface area contributed by atoms with E-state index in [0.29, 0.717) is 22.5 Å². The zero-order valence-corrected chi connectivity index (χ0v) is 15.7. The van der Waals surface area contributed by atoms with E-state index in [1.54, 1.807) is 5.57 Å². The van der Waals surface area contributed by atoms with E-state index in [9.17, 15) is 4.79 Å². The Morgan fingerprint density at radius 2 is 1.91 bits per heavy atom. The summed E-state index contributed by atoms with van der Waals surface area (Å²) >= 11 is 6.46. The van der Waals surface area contributed by atoms with E-state index in [2.05, 4.69) is 19.9 Å². The molecule has 0 aromatic carbocycles. The topological polar surface area (TPSA) is 17.1 Å². The first kappa shape index (κ1) is 16.2. The number of fused-ring (bicyclic) bond motifs is 5. The van der Waals surface area contributed by atoms with Gasteiger partial charge in [0.2, 0.25) is 0 Å². The van der Waals surface area contributed by atoms with Crippen molar-refractivity contribution in [3.63, 3.8) is 0 Å². The Kier molecular flexibility index (Phi) is 3.76. The Labute approximate surface area is 146 Å². The van der Waals surface area contributed by atoms with Crippen LogP contribution in [0.25, 0.3) is 0 Å². The highest BCUT2D eigenvalue weighted by Gasteiger charge is 2.59. The molecule has 0 bridgehead atoms. The maximum atomic E-state index is 12.2. The van der Waals surface area contributed by atoms with Crippen LogP contribution in [0.3, 0.4) is 0 Å². The van der Waals surface area contributed by atoms with Gasteiger partial charge in [0.1, 0.15) is 5.78 Å². The molecule has 3 saturated carbocycles. The SMILES string of the molecule is CC(=O)[C@H]1CC[C@H]2[C@@H]3CC=C4CC(Cl)CC[C@]4(C)[C@H]3CC[C@]12C. The lowest BCUT2D eigenvalue weighted by Crippen LogP contribution is -2.50. The molecular formula is C21H31ClO. The molecule has 23 heavy (non-hydrogen) atoms. The van der Waals surface area contributed by atoms with Crippen LogP contribution in [0.1, 0.15) is 72.1 Å². The zero-order chi connectivity index (χ0) is 16.4. The van der Waals surface area contributed by atoms with Crippen molar-refractivity contribution in [2.45, 2.75) is 77.5 Å². The predicted molar refractivity (Wildman–Crippen MR) is 95.5 cm³/mol. The number of hydrogen-bond donors (Lipinski definition) is 0. The van der Waals surface area contributed by atoms with Gasteiger partial charge in [0, 0.05) is 11.3 Å². The van der Waals surface area contributed by atoms with Crippen LogP contribution in [0.2, 0.25) is 0 Å². The quantitative estimate of drug-likeness (QED) is 0.440. The van der Waals surface area contributed by atoms with Crippen molar-refractivity contribution in [3.05, 3.63) is 11.6 Å². The lowest BCUT2D eigenvalue weighted by molar-refractivity contribution is -0.127. The van der Waals surface area contributed by atoms with E-state index in [0.717, 1.165) is 30.6 Å². The molecule has 3 fully saturated rings. The van der Waals surface area contributed by atoms with Gasteiger partial charge < -0.3 is 0 Å². The summed E-state index contributed by atoms with van der Waals surface area (Å²) in [6.07, 6.45) is 12.4. The summed E-state index contributed by atoms with van der Waals surface area (Å²) in [5.74, 6) is 3.16. The van der Waals surface area contributed by atoms with Crippen molar-refractivity contribution in [1.29, 1.82) is 0 Å². The average molecular weight is 335 g/mol. The van der Waals surface area contributed by atoms with Gasteiger partial charge in [0.15, 0.2) is 0 Å². The minimum Gasteiger partial charge on any atom is -0.300 e. The molecule has 0 radical (unpaired) electrons. The third-order valence-corrected chi connectivity index (χ3v) is 8.91. The smallest absolute Gasteiger partial charge is 0.133 e. The largest absolute Gasteiger partial charge is 0.300 e. The number of alkyl halides is 1. The molecular weight excluding hydrogens is 304 g/mol. The number of rotatable bonds is 1. The monoisotopic (exact) mass is 334 g/mol. The molecule has 7 atom stereocenters. The van der Waals surface area contributed by atoms with Crippen LogP contribution in [0, 0.1) is 34.5 Å². The second kappa shape index (κ2) is 5.35. The number of ketones is 1. The molecule has 4 aliphatic rings. The normalized spacial score (nSPS) is 52.2. The number of carbonyl (C=O) groups excluding carboxylic acids is 1. The molecule has 2 heteroatoms. The summed E-state index contributed by atoms with van der Waals surface area (Å²) in [6.45, 7) is 6.79.